The molecule has 1 saturated heterocycles. The van der Waals surface area contributed by atoms with Crippen molar-refractivity contribution in [2.75, 3.05) is 24.5 Å². The van der Waals surface area contributed by atoms with Crippen molar-refractivity contribution in [2.24, 2.45) is 12.5 Å². The van der Waals surface area contributed by atoms with Gasteiger partial charge < -0.3 is 10.2 Å². The molecular formula is C16H30N4. The normalized spacial score (nSPS) is 18.6. The number of piperidine rings is 1. The van der Waals surface area contributed by atoms with Gasteiger partial charge in [-0.2, -0.15) is 5.10 Å². The monoisotopic (exact) mass is 278 g/mol. The van der Waals surface area contributed by atoms with Crippen LogP contribution < -0.4 is 10.2 Å². The molecular weight excluding hydrogens is 248 g/mol. The number of nitrogens with one attached hydrogen (secondary N) is 1. The zero-order valence-corrected chi connectivity index (χ0v) is 13.8. The lowest BCUT2D eigenvalue weighted by atomic mass is 9.78. The van der Waals surface area contributed by atoms with Crippen LogP contribution in [0.3, 0.4) is 0 Å². The Morgan fingerprint density at radius 2 is 1.90 bits per heavy atom. The van der Waals surface area contributed by atoms with E-state index in [9.17, 15) is 0 Å². The molecule has 0 bridgehead atoms. The van der Waals surface area contributed by atoms with Gasteiger partial charge in [0.2, 0.25) is 0 Å². The molecule has 2 heterocycles. The number of anilines is 1. The van der Waals surface area contributed by atoms with Crippen molar-refractivity contribution < 1.29 is 0 Å². The summed E-state index contributed by atoms with van der Waals surface area (Å²) < 4.78 is 2.07. The lowest BCUT2D eigenvalue weighted by Gasteiger charge is -2.40. The SMILES string of the molecule is CCNCc1c(C)nn(C)c1N1CCC(C)(CC)CC1. The van der Waals surface area contributed by atoms with E-state index in [1.807, 2.05) is 0 Å². The van der Waals surface area contributed by atoms with Gasteiger partial charge in [-0.3, -0.25) is 4.68 Å². The van der Waals surface area contributed by atoms with Crippen molar-refractivity contribution in [2.45, 2.75) is 53.5 Å². The molecule has 0 aliphatic carbocycles. The maximum absolute atomic E-state index is 4.63. The molecule has 1 aliphatic rings. The summed E-state index contributed by atoms with van der Waals surface area (Å²) in [5, 5.41) is 8.08. The zero-order valence-electron chi connectivity index (χ0n) is 13.8. The highest BCUT2D eigenvalue weighted by molar-refractivity contribution is 5.50. The van der Waals surface area contributed by atoms with Gasteiger partial charge in [0.05, 0.1) is 5.69 Å². The van der Waals surface area contributed by atoms with Crippen LogP contribution in [0.1, 0.15) is 51.3 Å². The van der Waals surface area contributed by atoms with Crippen LogP contribution in [0.25, 0.3) is 0 Å². The Labute approximate surface area is 123 Å². The Kier molecular flexibility index (Phi) is 4.74. The first-order valence-corrected chi connectivity index (χ1v) is 7.99. The van der Waals surface area contributed by atoms with Gasteiger partial charge in [0, 0.05) is 32.2 Å². The summed E-state index contributed by atoms with van der Waals surface area (Å²) in [6, 6.07) is 0. The maximum atomic E-state index is 4.63. The molecule has 0 amide bonds. The summed E-state index contributed by atoms with van der Waals surface area (Å²) >= 11 is 0. The van der Waals surface area contributed by atoms with Crippen LogP contribution in [0.2, 0.25) is 0 Å². The minimum Gasteiger partial charge on any atom is -0.357 e. The second-order valence-corrected chi connectivity index (χ2v) is 6.44. The molecule has 4 nitrogen and oxygen atoms in total. The van der Waals surface area contributed by atoms with E-state index in [2.05, 4.69) is 54.7 Å². The number of aromatic nitrogens is 2. The van der Waals surface area contributed by atoms with Crippen LogP contribution in [-0.2, 0) is 13.6 Å². The summed E-state index contributed by atoms with van der Waals surface area (Å²) in [6.07, 6.45) is 3.86. The first-order chi connectivity index (χ1) is 9.50. The minimum absolute atomic E-state index is 0.534. The predicted octanol–water partition coefficient (Wildman–Crippen LogP) is 2.85. The third kappa shape index (κ3) is 3.00. The molecule has 0 atom stereocenters. The average Bonchev–Trinajstić information content (AvgIpc) is 2.72. The van der Waals surface area contributed by atoms with E-state index in [4.69, 9.17) is 0 Å². The van der Waals surface area contributed by atoms with Gasteiger partial charge in [-0.25, -0.2) is 0 Å². The molecule has 0 aromatic carbocycles. The fraction of sp³-hybridized carbons (Fsp3) is 0.812. The quantitative estimate of drug-likeness (QED) is 0.899. The molecule has 0 radical (unpaired) electrons. The zero-order chi connectivity index (χ0) is 14.8. The predicted molar refractivity (Wildman–Crippen MR) is 85.2 cm³/mol. The highest BCUT2D eigenvalue weighted by Gasteiger charge is 2.30. The van der Waals surface area contributed by atoms with Crippen LogP contribution in [0, 0.1) is 12.3 Å². The van der Waals surface area contributed by atoms with E-state index < -0.39 is 0 Å². The van der Waals surface area contributed by atoms with Gasteiger partial charge in [-0.05, 0) is 31.7 Å². The van der Waals surface area contributed by atoms with E-state index in [0.717, 1.165) is 31.9 Å². The minimum atomic E-state index is 0.534. The topological polar surface area (TPSA) is 33.1 Å². The summed E-state index contributed by atoms with van der Waals surface area (Å²) in [7, 11) is 2.07. The molecule has 4 heteroatoms. The Morgan fingerprint density at radius 1 is 1.25 bits per heavy atom. The Hall–Kier alpha value is -1.03. The standard InChI is InChI=1S/C16H30N4/c1-6-16(4)8-10-20(11-9-16)15-14(12-17-7-2)13(3)18-19(15)5/h17H,6-12H2,1-5H3. The van der Waals surface area contributed by atoms with Gasteiger partial charge in [-0.15, -0.1) is 0 Å². The van der Waals surface area contributed by atoms with Crippen LogP contribution in [0.15, 0.2) is 0 Å². The van der Waals surface area contributed by atoms with Crippen molar-refractivity contribution in [3.8, 4) is 0 Å². The fourth-order valence-electron chi connectivity index (χ4n) is 3.15. The molecule has 114 valence electrons. The molecule has 0 saturated carbocycles. The fourth-order valence-corrected chi connectivity index (χ4v) is 3.15. The first kappa shape index (κ1) is 15.4. The molecule has 1 aliphatic heterocycles. The maximum Gasteiger partial charge on any atom is 0.131 e. The van der Waals surface area contributed by atoms with Crippen LogP contribution in [0.4, 0.5) is 5.82 Å². The number of aryl methyl sites for hydroxylation is 2. The molecule has 20 heavy (non-hydrogen) atoms. The van der Waals surface area contributed by atoms with Crippen molar-refractivity contribution >= 4 is 5.82 Å². The van der Waals surface area contributed by atoms with Crippen LogP contribution in [-0.4, -0.2) is 29.4 Å². The average molecular weight is 278 g/mol. The Balaban J connectivity index is 2.17. The van der Waals surface area contributed by atoms with E-state index in [-0.39, 0.29) is 0 Å². The molecule has 1 N–H and O–H groups in total. The van der Waals surface area contributed by atoms with Gasteiger partial charge in [0.15, 0.2) is 0 Å². The number of hydrogen-bond donors (Lipinski definition) is 1. The highest BCUT2D eigenvalue weighted by Crippen LogP contribution is 2.36. The van der Waals surface area contributed by atoms with Gasteiger partial charge >= 0.3 is 0 Å². The highest BCUT2D eigenvalue weighted by atomic mass is 15.4. The van der Waals surface area contributed by atoms with Gasteiger partial charge in [-0.1, -0.05) is 27.2 Å². The summed E-state index contributed by atoms with van der Waals surface area (Å²) in [4.78, 5) is 2.53. The van der Waals surface area contributed by atoms with Gasteiger partial charge in [0.25, 0.3) is 0 Å². The summed E-state index contributed by atoms with van der Waals surface area (Å²) in [5.74, 6) is 1.32. The lowest BCUT2D eigenvalue weighted by molar-refractivity contribution is 0.237. The third-order valence-electron chi connectivity index (χ3n) is 4.99. The summed E-state index contributed by atoms with van der Waals surface area (Å²) in [6.45, 7) is 13.3. The molecule has 1 aromatic heterocycles. The van der Waals surface area contributed by atoms with Crippen molar-refractivity contribution in [3.05, 3.63) is 11.3 Å². The van der Waals surface area contributed by atoms with E-state index >= 15 is 0 Å². The summed E-state index contributed by atoms with van der Waals surface area (Å²) in [5.41, 5.74) is 3.06. The Morgan fingerprint density at radius 3 is 2.45 bits per heavy atom. The molecule has 1 aromatic rings. The molecule has 2 rings (SSSR count). The largest absolute Gasteiger partial charge is 0.357 e. The number of nitrogens with zero attached hydrogens (tertiary/aromatic N) is 3. The number of rotatable bonds is 5. The van der Waals surface area contributed by atoms with E-state index in [1.165, 1.54) is 30.6 Å². The van der Waals surface area contributed by atoms with Crippen molar-refractivity contribution in [1.82, 2.24) is 15.1 Å². The number of hydrogen-bond acceptors (Lipinski definition) is 3. The molecule has 1 fully saturated rings. The van der Waals surface area contributed by atoms with Crippen LogP contribution >= 0.6 is 0 Å². The van der Waals surface area contributed by atoms with Crippen LogP contribution in [0.5, 0.6) is 0 Å². The second-order valence-electron chi connectivity index (χ2n) is 6.44. The second kappa shape index (κ2) is 6.17. The smallest absolute Gasteiger partial charge is 0.131 e. The van der Waals surface area contributed by atoms with Gasteiger partial charge in [0.1, 0.15) is 5.82 Å². The van der Waals surface area contributed by atoms with E-state index in [1.54, 1.807) is 0 Å². The first-order valence-electron chi connectivity index (χ1n) is 7.99. The molecule has 0 spiro atoms. The van der Waals surface area contributed by atoms with Crippen molar-refractivity contribution in [1.29, 1.82) is 0 Å². The lowest BCUT2D eigenvalue weighted by Crippen LogP contribution is -2.40. The van der Waals surface area contributed by atoms with E-state index in [0.29, 0.717) is 5.41 Å². The molecule has 0 unspecified atom stereocenters. The van der Waals surface area contributed by atoms with Crippen molar-refractivity contribution in [3.63, 3.8) is 0 Å². The Bertz CT molecular complexity index is 442. The third-order valence-corrected chi connectivity index (χ3v) is 4.99.